The maximum atomic E-state index is 5.71. The lowest BCUT2D eigenvalue weighted by Gasteiger charge is -2.09. The van der Waals surface area contributed by atoms with E-state index >= 15 is 0 Å². The Morgan fingerprint density at radius 3 is 3.00 bits per heavy atom. The molecule has 1 aliphatic carbocycles. The van der Waals surface area contributed by atoms with Gasteiger partial charge in [0.05, 0.1) is 12.3 Å². The van der Waals surface area contributed by atoms with E-state index in [0.717, 1.165) is 30.5 Å². The highest BCUT2D eigenvalue weighted by atomic mass is 16.5. The molecule has 1 aromatic heterocycles. The predicted molar refractivity (Wildman–Crippen MR) is 64.4 cm³/mol. The molecule has 1 aliphatic rings. The molecule has 0 bridgehead atoms. The van der Waals surface area contributed by atoms with Gasteiger partial charge in [-0.2, -0.15) is 0 Å². The van der Waals surface area contributed by atoms with Gasteiger partial charge in [0.15, 0.2) is 0 Å². The molecular formula is C13H20N2O. The Hall–Kier alpha value is -1.09. The van der Waals surface area contributed by atoms with Crippen molar-refractivity contribution in [1.82, 2.24) is 10.3 Å². The summed E-state index contributed by atoms with van der Waals surface area (Å²) in [6.07, 6.45) is 4.47. The second-order valence-corrected chi connectivity index (χ2v) is 4.77. The molecule has 0 aliphatic heterocycles. The summed E-state index contributed by atoms with van der Waals surface area (Å²) < 4.78 is 5.71. The first kappa shape index (κ1) is 11.4. The van der Waals surface area contributed by atoms with Gasteiger partial charge in [0.1, 0.15) is 5.75 Å². The summed E-state index contributed by atoms with van der Waals surface area (Å²) in [5.41, 5.74) is 1.04. The third-order valence-corrected chi connectivity index (χ3v) is 2.66. The summed E-state index contributed by atoms with van der Waals surface area (Å²) in [5, 5.41) is 3.35. The van der Waals surface area contributed by atoms with Crippen LogP contribution in [0.4, 0.5) is 0 Å². The largest absolute Gasteiger partial charge is 0.493 e. The van der Waals surface area contributed by atoms with Crippen LogP contribution in [-0.2, 0) is 6.54 Å². The topological polar surface area (TPSA) is 34.1 Å². The maximum Gasteiger partial charge on any atom is 0.122 e. The zero-order valence-corrected chi connectivity index (χ0v) is 10.1. The normalized spacial score (nSPS) is 15.4. The van der Waals surface area contributed by atoms with Gasteiger partial charge in [0.2, 0.25) is 0 Å². The Balaban J connectivity index is 1.84. The summed E-state index contributed by atoms with van der Waals surface area (Å²) in [4.78, 5) is 4.31. The van der Waals surface area contributed by atoms with Crippen molar-refractivity contribution in [3.8, 4) is 5.75 Å². The Morgan fingerprint density at radius 2 is 2.31 bits per heavy atom. The molecule has 0 radical (unpaired) electrons. The standard InChI is InChI=1S/C13H20N2O/c1-10(2)15-8-12-7-13(5-6-14-12)16-9-11-3-4-11/h5-7,10-11,15H,3-4,8-9H2,1-2H3. The third-order valence-electron chi connectivity index (χ3n) is 2.66. The summed E-state index contributed by atoms with van der Waals surface area (Å²) in [6.45, 7) is 5.93. The average Bonchev–Trinajstić information content (AvgIpc) is 3.08. The van der Waals surface area contributed by atoms with E-state index in [1.54, 1.807) is 0 Å². The van der Waals surface area contributed by atoms with Gasteiger partial charge in [-0.15, -0.1) is 0 Å². The highest BCUT2D eigenvalue weighted by molar-refractivity contribution is 5.22. The van der Waals surface area contributed by atoms with Crippen LogP contribution in [0.3, 0.4) is 0 Å². The lowest BCUT2D eigenvalue weighted by Crippen LogP contribution is -2.22. The Labute approximate surface area is 97.2 Å². The molecule has 0 unspecified atom stereocenters. The molecule has 2 rings (SSSR count). The molecule has 1 saturated carbocycles. The van der Waals surface area contributed by atoms with E-state index in [2.05, 4.69) is 24.1 Å². The first-order valence-corrected chi connectivity index (χ1v) is 6.05. The SMILES string of the molecule is CC(C)NCc1cc(OCC2CC2)ccn1. The fourth-order valence-electron chi connectivity index (χ4n) is 1.45. The second kappa shape index (κ2) is 5.30. The van der Waals surface area contributed by atoms with Crippen LogP contribution in [0.5, 0.6) is 5.75 Å². The van der Waals surface area contributed by atoms with Crippen LogP contribution >= 0.6 is 0 Å². The quantitative estimate of drug-likeness (QED) is 0.799. The number of hydrogen-bond donors (Lipinski definition) is 1. The number of pyridine rings is 1. The van der Waals surface area contributed by atoms with E-state index in [0.29, 0.717) is 6.04 Å². The summed E-state index contributed by atoms with van der Waals surface area (Å²) >= 11 is 0. The second-order valence-electron chi connectivity index (χ2n) is 4.77. The van der Waals surface area contributed by atoms with Crippen LogP contribution in [-0.4, -0.2) is 17.6 Å². The van der Waals surface area contributed by atoms with Crippen LogP contribution in [0.15, 0.2) is 18.3 Å². The van der Waals surface area contributed by atoms with Gasteiger partial charge < -0.3 is 10.1 Å². The van der Waals surface area contributed by atoms with Crippen LogP contribution < -0.4 is 10.1 Å². The first-order chi connectivity index (χ1) is 7.74. The van der Waals surface area contributed by atoms with Gasteiger partial charge in [0.25, 0.3) is 0 Å². The van der Waals surface area contributed by atoms with E-state index in [4.69, 9.17) is 4.74 Å². The van der Waals surface area contributed by atoms with Crippen molar-refractivity contribution < 1.29 is 4.74 Å². The molecule has 88 valence electrons. The monoisotopic (exact) mass is 220 g/mol. The fraction of sp³-hybridized carbons (Fsp3) is 0.615. The smallest absolute Gasteiger partial charge is 0.122 e. The predicted octanol–water partition coefficient (Wildman–Crippen LogP) is 2.37. The Morgan fingerprint density at radius 1 is 1.50 bits per heavy atom. The van der Waals surface area contributed by atoms with Crippen molar-refractivity contribution in [2.45, 2.75) is 39.3 Å². The molecule has 1 N–H and O–H groups in total. The van der Waals surface area contributed by atoms with Crippen molar-refractivity contribution >= 4 is 0 Å². The molecule has 16 heavy (non-hydrogen) atoms. The Bertz CT molecular complexity index is 313. The van der Waals surface area contributed by atoms with E-state index in [9.17, 15) is 0 Å². The van der Waals surface area contributed by atoms with Gasteiger partial charge in [0, 0.05) is 24.8 Å². The average molecular weight is 220 g/mol. The van der Waals surface area contributed by atoms with Gasteiger partial charge in [-0.25, -0.2) is 0 Å². The van der Waals surface area contributed by atoms with Gasteiger partial charge in [-0.05, 0) is 24.8 Å². The van der Waals surface area contributed by atoms with Crippen molar-refractivity contribution in [1.29, 1.82) is 0 Å². The first-order valence-electron chi connectivity index (χ1n) is 6.05. The molecule has 3 nitrogen and oxygen atoms in total. The van der Waals surface area contributed by atoms with E-state index in [1.165, 1.54) is 12.8 Å². The summed E-state index contributed by atoms with van der Waals surface area (Å²) in [7, 11) is 0. The molecule has 1 fully saturated rings. The van der Waals surface area contributed by atoms with Crippen LogP contribution in [0.25, 0.3) is 0 Å². The van der Waals surface area contributed by atoms with Crippen LogP contribution in [0.1, 0.15) is 32.4 Å². The highest BCUT2D eigenvalue weighted by Crippen LogP contribution is 2.29. The van der Waals surface area contributed by atoms with E-state index in [-0.39, 0.29) is 0 Å². The van der Waals surface area contributed by atoms with Gasteiger partial charge in [-0.1, -0.05) is 13.8 Å². The number of ether oxygens (including phenoxy) is 1. The zero-order valence-electron chi connectivity index (χ0n) is 10.1. The fourth-order valence-corrected chi connectivity index (χ4v) is 1.45. The van der Waals surface area contributed by atoms with Gasteiger partial charge in [-0.3, -0.25) is 4.98 Å². The van der Waals surface area contributed by atoms with Crippen molar-refractivity contribution in [3.63, 3.8) is 0 Å². The van der Waals surface area contributed by atoms with Crippen LogP contribution in [0, 0.1) is 5.92 Å². The van der Waals surface area contributed by atoms with Crippen molar-refractivity contribution in [2.75, 3.05) is 6.61 Å². The molecule has 0 saturated heterocycles. The number of aromatic nitrogens is 1. The van der Waals surface area contributed by atoms with Crippen molar-refractivity contribution in [2.24, 2.45) is 5.92 Å². The molecule has 1 heterocycles. The van der Waals surface area contributed by atoms with Crippen LogP contribution in [0.2, 0.25) is 0 Å². The van der Waals surface area contributed by atoms with E-state index < -0.39 is 0 Å². The van der Waals surface area contributed by atoms with E-state index in [1.807, 2.05) is 18.3 Å². The summed E-state index contributed by atoms with van der Waals surface area (Å²) in [6, 6.07) is 4.44. The molecule has 0 amide bonds. The lowest BCUT2D eigenvalue weighted by molar-refractivity contribution is 0.299. The minimum Gasteiger partial charge on any atom is -0.493 e. The minimum atomic E-state index is 0.484. The minimum absolute atomic E-state index is 0.484. The molecule has 0 spiro atoms. The van der Waals surface area contributed by atoms with Gasteiger partial charge >= 0.3 is 0 Å². The zero-order chi connectivity index (χ0) is 11.4. The molecular weight excluding hydrogens is 200 g/mol. The number of rotatable bonds is 6. The highest BCUT2D eigenvalue weighted by Gasteiger charge is 2.21. The number of hydrogen-bond acceptors (Lipinski definition) is 3. The Kier molecular flexibility index (Phi) is 3.78. The molecule has 1 aromatic rings. The van der Waals surface area contributed by atoms with Crippen molar-refractivity contribution in [3.05, 3.63) is 24.0 Å². The lowest BCUT2D eigenvalue weighted by atomic mass is 10.3. The number of nitrogens with zero attached hydrogens (tertiary/aromatic N) is 1. The molecule has 3 heteroatoms. The molecule has 0 aromatic carbocycles. The number of nitrogens with one attached hydrogen (secondary N) is 1. The maximum absolute atomic E-state index is 5.71. The summed E-state index contributed by atoms with van der Waals surface area (Å²) in [5.74, 6) is 1.74. The third kappa shape index (κ3) is 3.81. The molecule has 0 atom stereocenters.